The predicted octanol–water partition coefficient (Wildman–Crippen LogP) is 3.92. The fourth-order valence-corrected chi connectivity index (χ4v) is 4.20. The van der Waals surface area contributed by atoms with Crippen LogP contribution in [-0.2, 0) is 4.74 Å². The predicted molar refractivity (Wildman–Crippen MR) is 82.0 cm³/mol. The van der Waals surface area contributed by atoms with Crippen molar-refractivity contribution in [3.63, 3.8) is 0 Å². The maximum absolute atomic E-state index is 5.43. The minimum absolute atomic E-state index is 0.364. The van der Waals surface area contributed by atoms with Crippen LogP contribution in [0.5, 0.6) is 0 Å². The third kappa shape index (κ3) is 3.45. The van der Waals surface area contributed by atoms with Gasteiger partial charge in [0.2, 0.25) is 0 Å². The van der Waals surface area contributed by atoms with Crippen molar-refractivity contribution in [2.45, 2.75) is 18.9 Å². The van der Waals surface area contributed by atoms with Gasteiger partial charge in [0.1, 0.15) is 0 Å². The number of hydrogen-bond donors (Lipinski definition) is 1. The zero-order valence-electron chi connectivity index (χ0n) is 10.9. The first kappa shape index (κ1) is 13.3. The Morgan fingerprint density at radius 3 is 2.26 bits per heavy atom. The van der Waals surface area contributed by atoms with Gasteiger partial charge < -0.3 is 10.1 Å². The van der Waals surface area contributed by atoms with E-state index in [2.05, 4.69) is 40.3 Å². The minimum Gasteiger partial charge on any atom is -0.381 e. The van der Waals surface area contributed by atoms with E-state index in [0.717, 1.165) is 25.7 Å². The Morgan fingerprint density at radius 1 is 1.11 bits per heavy atom. The molecule has 2 aromatic heterocycles. The zero-order valence-corrected chi connectivity index (χ0v) is 12.5. The summed E-state index contributed by atoms with van der Waals surface area (Å²) >= 11 is 3.67. The van der Waals surface area contributed by atoms with Crippen molar-refractivity contribution < 1.29 is 4.74 Å². The van der Waals surface area contributed by atoms with Gasteiger partial charge in [0.25, 0.3) is 0 Å². The molecule has 2 nitrogen and oxygen atoms in total. The monoisotopic (exact) mass is 293 g/mol. The van der Waals surface area contributed by atoms with Crippen LogP contribution < -0.4 is 5.32 Å². The third-order valence-electron chi connectivity index (χ3n) is 3.61. The first-order chi connectivity index (χ1) is 9.43. The minimum atomic E-state index is 0.364. The van der Waals surface area contributed by atoms with Gasteiger partial charge in [-0.25, -0.2) is 0 Å². The van der Waals surface area contributed by atoms with Crippen molar-refractivity contribution >= 4 is 22.7 Å². The highest BCUT2D eigenvalue weighted by molar-refractivity contribution is 7.11. The summed E-state index contributed by atoms with van der Waals surface area (Å²) in [7, 11) is 0. The second kappa shape index (κ2) is 6.66. The molecule has 102 valence electrons. The first-order valence-corrected chi connectivity index (χ1v) is 8.57. The molecule has 2 aromatic rings. The highest BCUT2D eigenvalue weighted by Crippen LogP contribution is 2.29. The van der Waals surface area contributed by atoms with E-state index in [-0.39, 0.29) is 0 Å². The highest BCUT2D eigenvalue weighted by atomic mass is 32.1. The summed E-state index contributed by atoms with van der Waals surface area (Å²) in [6.07, 6.45) is 2.38. The van der Waals surface area contributed by atoms with E-state index in [4.69, 9.17) is 4.74 Å². The second-order valence-corrected chi connectivity index (χ2v) is 6.89. The van der Waals surface area contributed by atoms with Crippen LogP contribution in [0.1, 0.15) is 28.6 Å². The Morgan fingerprint density at radius 2 is 1.74 bits per heavy atom. The molecule has 0 aliphatic carbocycles. The Balaban J connectivity index is 1.66. The van der Waals surface area contributed by atoms with Crippen molar-refractivity contribution in [3.8, 4) is 0 Å². The quantitative estimate of drug-likeness (QED) is 0.902. The van der Waals surface area contributed by atoms with E-state index in [1.54, 1.807) is 0 Å². The number of ether oxygens (including phenoxy) is 1. The lowest BCUT2D eigenvalue weighted by molar-refractivity contribution is 0.0658. The van der Waals surface area contributed by atoms with E-state index < -0.39 is 0 Å². The lowest BCUT2D eigenvalue weighted by Gasteiger charge is -2.25. The van der Waals surface area contributed by atoms with Crippen molar-refractivity contribution in [2.75, 3.05) is 19.8 Å². The second-order valence-electron chi connectivity index (χ2n) is 4.93. The van der Waals surface area contributed by atoms with Crippen molar-refractivity contribution in [1.29, 1.82) is 0 Å². The summed E-state index contributed by atoms with van der Waals surface area (Å²) in [5.41, 5.74) is 0. The molecule has 4 heteroatoms. The normalized spacial score (nSPS) is 17.1. The molecule has 0 atom stereocenters. The summed E-state index contributed by atoms with van der Waals surface area (Å²) in [6, 6.07) is 9.09. The molecule has 3 heterocycles. The summed E-state index contributed by atoms with van der Waals surface area (Å²) in [4.78, 5) is 2.82. The Labute approximate surface area is 122 Å². The van der Waals surface area contributed by atoms with E-state index in [1.165, 1.54) is 22.6 Å². The molecule has 0 amide bonds. The van der Waals surface area contributed by atoms with Gasteiger partial charge in [0.15, 0.2) is 0 Å². The average Bonchev–Trinajstić information content (AvgIpc) is 3.13. The van der Waals surface area contributed by atoms with Crippen LogP contribution in [0.25, 0.3) is 0 Å². The number of thiophene rings is 2. The molecule has 0 unspecified atom stereocenters. The van der Waals surface area contributed by atoms with E-state index in [1.807, 2.05) is 22.7 Å². The molecule has 19 heavy (non-hydrogen) atoms. The fourth-order valence-electron chi connectivity index (χ4n) is 2.49. The van der Waals surface area contributed by atoms with Crippen LogP contribution in [0, 0.1) is 5.92 Å². The molecule has 1 saturated heterocycles. The molecule has 1 aliphatic heterocycles. The maximum Gasteiger partial charge on any atom is 0.0764 e. The molecule has 1 N–H and O–H groups in total. The SMILES string of the molecule is c1csc(C(NCC2CCOCC2)c2cccs2)c1. The van der Waals surface area contributed by atoms with Gasteiger partial charge in [-0.15, -0.1) is 22.7 Å². The third-order valence-corrected chi connectivity index (χ3v) is 5.48. The lowest BCUT2D eigenvalue weighted by atomic mass is 10.00. The largest absolute Gasteiger partial charge is 0.381 e. The molecule has 0 radical (unpaired) electrons. The van der Waals surface area contributed by atoms with Crippen molar-refractivity contribution in [3.05, 3.63) is 44.8 Å². The van der Waals surface area contributed by atoms with Crippen LogP contribution in [0.2, 0.25) is 0 Å². The smallest absolute Gasteiger partial charge is 0.0764 e. The summed E-state index contributed by atoms with van der Waals surface area (Å²) in [6.45, 7) is 2.94. The Bertz CT molecular complexity index is 426. The molecule has 0 aromatic carbocycles. The van der Waals surface area contributed by atoms with E-state index in [0.29, 0.717) is 6.04 Å². The zero-order chi connectivity index (χ0) is 12.9. The number of rotatable bonds is 5. The molecule has 0 spiro atoms. The summed E-state index contributed by atoms with van der Waals surface area (Å²) < 4.78 is 5.43. The van der Waals surface area contributed by atoms with Gasteiger partial charge >= 0.3 is 0 Å². The molecule has 1 fully saturated rings. The van der Waals surface area contributed by atoms with Crippen molar-refractivity contribution in [1.82, 2.24) is 5.32 Å². The average molecular weight is 293 g/mol. The highest BCUT2D eigenvalue weighted by Gasteiger charge is 2.19. The van der Waals surface area contributed by atoms with Gasteiger partial charge in [-0.2, -0.15) is 0 Å². The van der Waals surface area contributed by atoms with Crippen LogP contribution in [0.3, 0.4) is 0 Å². The topological polar surface area (TPSA) is 21.3 Å². The van der Waals surface area contributed by atoms with Crippen LogP contribution in [0.4, 0.5) is 0 Å². The first-order valence-electron chi connectivity index (χ1n) is 6.81. The molecular formula is C15H19NOS2. The maximum atomic E-state index is 5.43. The summed E-state index contributed by atoms with van der Waals surface area (Å²) in [5, 5.41) is 8.08. The van der Waals surface area contributed by atoms with E-state index >= 15 is 0 Å². The number of nitrogens with one attached hydrogen (secondary N) is 1. The van der Waals surface area contributed by atoms with Gasteiger partial charge in [-0.3, -0.25) is 0 Å². The van der Waals surface area contributed by atoms with Gasteiger partial charge in [0.05, 0.1) is 6.04 Å². The number of hydrogen-bond acceptors (Lipinski definition) is 4. The van der Waals surface area contributed by atoms with Crippen LogP contribution in [-0.4, -0.2) is 19.8 Å². The molecule has 3 rings (SSSR count). The summed E-state index contributed by atoms with van der Waals surface area (Å²) in [5.74, 6) is 0.760. The van der Waals surface area contributed by atoms with E-state index in [9.17, 15) is 0 Å². The van der Waals surface area contributed by atoms with Gasteiger partial charge in [-0.1, -0.05) is 12.1 Å². The van der Waals surface area contributed by atoms with Crippen LogP contribution >= 0.6 is 22.7 Å². The van der Waals surface area contributed by atoms with Gasteiger partial charge in [0, 0.05) is 23.0 Å². The lowest BCUT2D eigenvalue weighted by Crippen LogP contribution is -2.30. The van der Waals surface area contributed by atoms with Crippen molar-refractivity contribution in [2.24, 2.45) is 5.92 Å². The Kier molecular flexibility index (Phi) is 4.66. The molecule has 1 aliphatic rings. The fraction of sp³-hybridized carbons (Fsp3) is 0.467. The molecule has 0 bridgehead atoms. The molecular weight excluding hydrogens is 274 g/mol. The standard InChI is InChI=1S/C15H19NOS2/c1-3-13(18-9-1)15(14-4-2-10-19-14)16-11-12-5-7-17-8-6-12/h1-4,9-10,12,15-16H,5-8,11H2. The van der Waals surface area contributed by atoms with Gasteiger partial charge in [-0.05, 0) is 48.2 Å². The van der Waals surface area contributed by atoms with Crippen LogP contribution in [0.15, 0.2) is 35.0 Å². The Hall–Kier alpha value is -0.680. The molecule has 0 saturated carbocycles.